The second-order valence-corrected chi connectivity index (χ2v) is 14.8. The fourth-order valence-corrected chi connectivity index (χ4v) is 10.1. The highest BCUT2D eigenvalue weighted by atomic mass is 35.5. The molecule has 2 fully saturated rings. The molecular weight excluding hydrogens is 443 g/mol. The standard InChI is InChI=1S/C30H42ClFSi/c1-2-3-4-19-33-20-17-24(18-21-33)6-5-23-7-9-25(10-8-23)26-11-13-27(14-12-26)28-15-16-29(31)30(32)22-28/h11-16,22-25,33H,2-10,17-21H2,1H3/t23?,24-,25?,33-. The molecule has 0 N–H and O–H groups in total. The van der Waals surface area contributed by atoms with Crippen LogP contribution in [0.2, 0.25) is 23.2 Å². The van der Waals surface area contributed by atoms with E-state index in [9.17, 15) is 4.39 Å². The van der Waals surface area contributed by atoms with Crippen molar-refractivity contribution in [2.24, 2.45) is 11.8 Å². The maximum Gasteiger partial charge on any atom is 0.142 e. The van der Waals surface area contributed by atoms with Crippen molar-refractivity contribution < 1.29 is 4.39 Å². The molecule has 1 heterocycles. The zero-order chi connectivity index (χ0) is 23.0. The lowest BCUT2D eigenvalue weighted by Crippen LogP contribution is -2.22. The summed E-state index contributed by atoms with van der Waals surface area (Å²) in [6, 6.07) is 18.8. The molecule has 1 saturated carbocycles. The smallest absolute Gasteiger partial charge is 0.142 e. The molecular formula is C30H42ClFSi. The summed E-state index contributed by atoms with van der Waals surface area (Å²) in [5.74, 6) is 2.35. The molecule has 1 aliphatic carbocycles. The molecule has 0 radical (unpaired) electrons. The number of hydrogen-bond acceptors (Lipinski definition) is 0. The topological polar surface area (TPSA) is 0 Å². The van der Waals surface area contributed by atoms with Crippen LogP contribution in [0.25, 0.3) is 11.1 Å². The van der Waals surface area contributed by atoms with Crippen LogP contribution in [0.15, 0.2) is 42.5 Å². The third-order valence-electron chi connectivity index (χ3n) is 8.65. The van der Waals surface area contributed by atoms with Gasteiger partial charge in [0.05, 0.1) is 5.02 Å². The van der Waals surface area contributed by atoms with E-state index in [1.807, 2.05) is 6.07 Å². The van der Waals surface area contributed by atoms with Gasteiger partial charge in [0.2, 0.25) is 0 Å². The van der Waals surface area contributed by atoms with Gasteiger partial charge in [-0.2, -0.15) is 0 Å². The molecule has 3 heteroatoms. The van der Waals surface area contributed by atoms with Crippen LogP contribution in [-0.2, 0) is 0 Å². The molecule has 2 aliphatic rings. The van der Waals surface area contributed by atoms with Crippen LogP contribution >= 0.6 is 11.6 Å². The Morgan fingerprint density at radius 3 is 2.09 bits per heavy atom. The van der Waals surface area contributed by atoms with Gasteiger partial charge in [0.15, 0.2) is 0 Å². The first-order valence-electron chi connectivity index (χ1n) is 13.7. The molecule has 0 aromatic heterocycles. The molecule has 0 bridgehead atoms. The fraction of sp³-hybridized carbons (Fsp3) is 0.600. The van der Waals surface area contributed by atoms with Crippen molar-refractivity contribution in [2.75, 3.05) is 0 Å². The van der Waals surface area contributed by atoms with Crippen LogP contribution in [0.1, 0.15) is 89.0 Å². The Balaban J connectivity index is 1.18. The molecule has 0 unspecified atom stereocenters. The number of unbranched alkanes of at least 4 members (excludes halogenated alkanes) is 2. The molecule has 33 heavy (non-hydrogen) atoms. The van der Waals surface area contributed by atoms with E-state index < -0.39 is 0 Å². The van der Waals surface area contributed by atoms with Crippen molar-refractivity contribution in [1.29, 1.82) is 0 Å². The normalized spacial score (nSPS) is 25.8. The van der Waals surface area contributed by atoms with Crippen molar-refractivity contribution in [3.63, 3.8) is 0 Å². The number of hydrogen-bond donors (Lipinski definition) is 0. The predicted molar refractivity (Wildman–Crippen MR) is 145 cm³/mol. The average molecular weight is 485 g/mol. The minimum absolute atomic E-state index is 0.184. The van der Waals surface area contributed by atoms with Gasteiger partial charge in [-0.05, 0) is 72.3 Å². The van der Waals surface area contributed by atoms with Gasteiger partial charge in [0, 0.05) is 8.80 Å². The summed E-state index contributed by atoms with van der Waals surface area (Å²) in [5, 5.41) is 0.184. The third kappa shape index (κ3) is 7.18. The van der Waals surface area contributed by atoms with Gasteiger partial charge in [-0.3, -0.25) is 0 Å². The molecule has 1 saturated heterocycles. The average Bonchev–Trinajstić information content (AvgIpc) is 2.86. The Hall–Kier alpha value is -1.12. The van der Waals surface area contributed by atoms with Gasteiger partial charge >= 0.3 is 0 Å². The molecule has 180 valence electrons. The first-order chi connectivity index (χ1) is 16.1. The Morgan fingerprint density at radius 2 is 1.45 bits per heavy atom. The van der Waals surface area contributed by atoms with Gasteiger partial charge in [0.25, 0.3) is 0 Å². The lowest BCUT2D eigenvalue weighted by molar-refractivity contribution is 0.280. The SMILES string of the molecule is CCCCC[Si@H]1CC[C@H](CCC2CCC(c3ccc(-c4ccc(Cl)c(F)c4)cc3)CC2)CC1. The first-order valence-corrected chi connectivity index (χ1v) is 16.5. The second-order valence-electron chi connectivity index (χ2n) is 10.9. The molecule has 0 spiro atoms. The van der Waals surface area contributed by atoms with Crippen LogP contribution in [-0.4, -0.2) is 8.80 Å². The van der Waals surface area contributed by atoms with E-state index in [2.05, 4.69) is 31.2 Å². The molecule has 4 rings (SSSR count). The quantitative estimate of drug-likeness (QED) is 0.245. The van der Waals surface area contributed by atoms with Crippen LogP contribution < -0.4 is 0 Å². The second kappa shape index (κ2) is 12.5. The van der Waals surface area contributed by atoms with E-state index in [0.29, 0.717) is 5.92 Å². The molecule has 0 nitrogen and oxygen atoms in total. The maximum absolute atomic E-state index is 13.8. The van der Waals surface area contributed by atoms with Gasteiger partial charge in [-0.15, -0.1) is 0 Å². The summed E-state index contributed by atoms with van der Waals surface area (Å²) in [7, 11) is -0.352. The van der Waals surface area contributed by atoms with E-state index in [4.69, 9.17) is 11.6 Å². The van der Waals surface area contributed by atoms with Crippen molar-refractivity contribution in [1.82, 2.24) is 0 Å². The van der Waals surface area contributed by atoms with Crippen LogP contribution in [0.4, 0.5) is 4.39 Å². The minimum Gasteiger partial charge on any atom is -0.205 e. The van der Waals surface area contributed by atoms with Gasteiger partial charge in [0.1, 0.15) is 5.82 Å². The zero-order valence-corrected chi connectivity index (χ0v) is 22.4. The Morgan fingerprint density at radius 1 is 0.818 bits per heavy atom. The van der Waals surface area contributed by atoms with Crippen molar-refractivity contribution in [2.45, 2.75) is 102 Å². The van der Waals surface area contributed by atoms with E-state index in [1.165, 1.54) is 69.4 Å². The first kappa shape index (κ1) is 25.0. The Kier molecular flexibility index (Phi) is 9.50. The van der Waals surface area contributed by atoms with Crippen LogP contribution in [0.3, 0.4) is 0 Å². The highest BCUT2D eigenvalue weighted by Crippen LogP contribution is 2.40. The van der Waals surface area contributed by atoms with Crippen molar-refractivity contribution in [3.8, 4) is 11.1 Å². The number of benzene rings is 2. The highest BCUT2D eigenvalue weighted by Gasteiger charge is 2.25. The summed E-state index contributed by atoms with van der Waals surface area (Å²) in [5.41, 5.74) is 3.41. The fourth-order valence-electron chi connectivity index (χ4n) is 6.37. The summed E-state index contributed by atoms with van der Waals surface area (Å²) in [4.78, 5) is 0. The summed E-state index contributed by atoms with van der Waals surface area (Å²) >= 11 is 5.83. The van der Waals surface area contributed by atoms with Crippen molar-refractivity contribution in [3.05, 3.63) is 58.9 Å². The van der Waals surface area contributed by atoms with Gasteiger partial charge in [-0.1, -0.05) is 112 Å². The minimum atomic E-state index is -0.352. The van der Waals surface area contributed by atoms with E-state index >= 15 is 0 Å². The van der Waals surface area contributed by atoms with Gasteiger partial charge in [-0.25, -0.2) is 4.39 Å². The van der Waals surface area contributed by atoms with E-state index in [1.54, 1.807) is 37.0 Å². The monoisotopic (exact) mass is 484 g/mol. The summed E-state index contributed by atoms with van der Waals surface area (Å²) in [6.07, 6.45) is 15.9. The van der Waals surface area contributed by atoms with E-state index in [-0.39, 0.29) is 19.6 Å². The predicted octanol–water partition coefficient (Wildman–Crippen LogP) is 10.0. The number of rotatable bonds is 9. The maximum atomic E-state index is 13.8. The molecule has 0 atom stereocenters. The van der Waals surface area contributed by atoms with E-state index in [0.717, 1.165) is 23.0 Å². The van der Waals surface area contributed by atoms with Crippen LogP contribution in [0.5, 0.6) is 0 Å². The van der Waals surface area contributed by atoms with Crippen LogP contribution in [0, 0.1) is 17.7 Å². The molecule has 0 amide bonds. The summed E-state index contributed by atoms with van der Waals surface area (Å²) < 4.78 is 13.8. The Labute approximate surface area is 207 Å². The third-order valence-corrected chi connectivity index (χ3v) is 12.5. The molecule has 2 aromatic carbocycles. The molecule has 2 aromatic rings. The van der Waals surface area contributed by atoms with Crippen molar-refractivity contribution >= 4 is 20.4 Å². The number of halogens is 2. The Bertz CT molecular complexity index is 848. The zero-order valence-electron chi connectivity index (χ0n) is 20.5. The summed E-state index contributed by atoms with van der Waals surface area (Å²) in [6.45, 7) is 2.33. The largest absolute Gasteiger partial charge is 0.205 e. The lowest BCUT2D eigenvalue weighted by Gasteiger charge is -2.32. The lowest BCUT2D eigenvalue weighted by atomic mass is 9.76. The molecule has 1 aliphatic heterocycles. The highest BCUT2D eigenvalue weighted by molar-refractivity contribution is 6.58. The van der Waals surface area contributed by atoms with Gasteiger partial charge < -0.3 is 0 Å².